The first-order valence-electron chi connectivity index (χ1n) is 5.28. The van der Waals surface area contributed by atoms with Gasteiger partial charge in [-0.25, -0.2) is 4.79 Å². The topological polar surface area (TPSA) is 160 Å². The Bertz CT molecular complexity index is 346. The predicted octanol–water partition coefficient (Wildman–Crippen LogP) is -3.01. The third-order valence-electron chi connectivity index (χ3n) is 1.62. The fraction of sp³-hybridized carbons (Fsp3) is 0.556. The Kier molecular flexibility index (Phi) is 8.45. The molecule has 10 nitrogen and oxygen atoms in total. The number of ether oxygens (including phenoxy) is 1. The molecule has 19 heavy (non-hydrogen) atoms. The Balaban J connectivity index is 3.51. The summed E-state index contributed by atoms with van der Waals surface area (Å²) >= 11 is 0. The molecule has 0 aliphatic rings. The zero-order chi connectivity index (χ0) is 14.7. The van der Waals surface area contributed by atoms with Crippen molar-refractivity contribution in [2.75, 3.05) is 32.8 Å². The lowest BCUT2D eigenvalue weighted by Crippen LogP contribution is -2.43. The highest BCUT2D eigenvalue weighted by molar-refractivity contribution is 5.86. The molecule has 0 spiro atoms. The van der Waals surface area contributed by atoms with E-state index in [2.05, 4.69) is 16.0 Å². The third kappa shape index (κ3) is 11.9. The maximum absolute atomic E-state index is 11.1. The van der Waals surface area contributed by atoms with Gasteiger partial charge in [0.15, 0.2) is 0 Å². The first kappa shape index (κ1) is 16.6. The molecule has 0 aliphatic heterocycles. The summed E-state index contributed by atoms with van der Waals surface area (Å²) in [6.45, 7) is -0.858. The van der Waals surface area contributed by atoms with E-state index >= 15 is 0 Å². The second kappa shape index (κ2) is 9.65. The minimum absolute atomic E-state index is 0.0988. The van der Waals surface area contributed by atoms with Gasteiger partial charge in [0.05, 0.1) is 13.2 Å². The normalized spacial score (nSPS) is 9.47. The standard InChI is InChI=1S/C9H16N4O6/c10-6(14)5-19-2-1-11-9(18)13-3-7(15)12-4-8(16)17/h1-5H2,(H2,10,14)(H,12,15)(H,16,17)(H2,11,13,18). The molecule has 0 fully saturated rings. The molecule has 0 rings (SSSR count). The Hall–Kier alpha value is -2.36. The van der Waals surface area contributed by atoms with Gasteiger partial charge in [-0.05, 0) is 0 Å². The summed E-state index contributed by atoms with van der Waals surface area (Å²) in [6, 6.07) is -0.617. The van der Waals surface area contributed by atoms with Crippen LogP contribution < -0.4 is 21.7 Å². The van der Waals surface area contributed by atoms with Crippen molar-refractivity contribution in [2.24, 2.45) is 5.73 Å². The average Bonchev–Trinajstić information content (AvgIpc) is 2.33. The molecular formula is C9H16N4O6. The zero-order valence-corrected chi connectivity index (χ0v) is 10.1. The number of hydrogen-bond donors (Lipinski definition) is 5. The lowest BCUT2D eigenvalue weighted by atomic mass is 10.5. The zero-order valence-electron chi connectivity index (χ0n) is 10.1. The Morgan fingerprint density at radius 1 is 1.05 bits per heavy atom. The van der Waals surface area contributed by atoms with Crippen LogP contribution in [0.5, 0.6) is 0 Å². The molecule has 0 radical (unpaired) electrons. The van der Waals surface area contributed by atoms with Gasteiger partial charge in [0.2, 0.25) is 11.8 Å². The number of aliphatic carboxylic acids is 1. The fourth-order valence-electron chi connectivity index (χ4n) is 0.869. The molecule has 6 N–H and O–H groups in total. The number of carboxylic acid groups (broad SMARTS) is 1. The number of carbonyl (C=O) groups excluding carboxylic acids is 3. The Labute approximate surface area is 108 Å². The molecule has 0 aliphatic carbocycles. The van der Waals surface area contributed by atoms with E-state index in [1.54, 1.807) is 0 Å². The van der Waals surface area contributed by atoms with Gasteiger partial charge in [-0.3, -0.25) is 14.4 Å². The van der Waals surface area contributed by atoms with E-state index < -0.39 is 30.4 Å². The van der Waals surface area contributed by atoms with Crippen LogP contribution in [0.15, 0.2) is 0 Å². The molecular weight excluding hydrogens is 260 g/mol. The van der Waals surface area contributed by atoms with E-state index in [9.17, 15) is 19.2 Å². The number of carboxylic acids is 1. The minimum atomic E-state index is -1.18. The summed E-state index contributed by atoms with van der Waals surface area (Å²) < 4.78 is 4.77. The summed E-state index contributed by atoms with van der Waals surface area (Å²) in [5, 5.41) is 14.9. The van der Waals surface area contributed by atoms with Gasteiger partial charge in [0.25, 0.3) is 0 Å². The number of nitrogens with two attached hydrogens (primary N) is 1. The summed E-state index contributed by atoms with van der Waals surface area (Å²) in [6.07, 6.45) is 0. The molecule has 0 heterocycles. The van der Waals surface area contributed by atoms with Gasteiger partial charge in [-0.2, -0.15) is 0 Å². The van der Waals surface area contributed by atoms with Gasteiger partial charge < -0.3 is 31.5 Å². The van der Waals surface area contributed by atoms with Crippen molar-refractivity contribution < 1.29 is 29.0 Å². The monoisotopic (exact) mass is 276 g/mol. The van der Waals surface area contributed by atoms with E-state index in [1.807, 2.05) is 0 Å². The van der Waals surface area contributed by atoms with Crippen molar-refractivity contribution in [2.45, 2.75) is 0 Å². The van der Waals surface area contributed by atoms with Gasteiger partial charge in [-0.1, -0.05) is 0 Å². The molecule has 108 valence electrons. The van der Waals surface area contributed by atoms with Crippen LogP contribution in [0, 0.1) is 0 Å². The molecule has 0 unspecified atom stereocenters. The molecule has 0 aromatic rings. The van der Waals surface area contributed by atoms with E-state index in [0.717, 1.165) is 0 Å². The fourth-order valence-corrected chi connectivity index (χ4v) is 0.869. The highest BCUT2D eigenvalue weighted by Gasteiger charge is 2.06. The Morgan fingerprint density at radius 3 is 2.32 bits per heavy atom. The van der Waals surface area contributed by atoms with Crippen LogP contribution in [0.25, 0.3) is 0 Å². The molecule has 0 atom stereocenters. The number of carbonyl (C=O) groups is 4. The van der Waals surface area contributed by atoms with Crippen molar-refractivity contribution in [1.29, 1.82) is 0 Å². The number of amides is 4. The van der Waals surface area contributed by atoms with E-state index in [4.69, 9.17) is 15.6 Å². The van der Waals surface area contributed by atoms with Gasteiger partial charge in [-0.15, -0.1) is 0 Å². The van der Waals surface area contributed by atoms with Crippen LogP contribution >= 0.6 is 0 Å². The van der Waals surface area contributed by atoms with Crippen molar-refractivity contribution in [1.82, 2.24) is 16.0 Å². The molecule has 10 heteroatoms. The molecule has 0 aromatic carbocycles. The Morgan fingerprint density at radius 2 is 1.74 bits per heavy atom. The van der Waals surface area contributed by atoms with E-state index in [1.165, 1.54) is 0 Å². The highest BCUT2D eigenvalue weighted by Crippen LogP contribution is 1.73. The predicted molar refractivity (Wildman–Crippen MR) is 62.1 cm³/mol. The smallest absolute Gasteiger partial charge is 0.322 e. The van der Waals surface area contributed by atoms with Crippen molar-refractivity contribution in [3.63, 3.8) is 0 Å². The molecule has 0 bridgehead atoms. The van der Waals surface area contributed by atoms with Crippen LogP contribution in [-0.4, -0.2) is 61.8 Å². The third-order valence-corrected chi connectivity index (χ3v) is 1.62. The van der Waals surface area contributed by atoms with Crippen molar-refractivity contribution >= 4 is 23.8 Å². The molecule has 0 saturated heterocycles. The summed E-state index contributed by atoms with van der Waals surface area (Å²) in [5.74, 6) is -2.41. The summed E-state index contributed by atoms with van der Waals surface area (Å²) in [7, 11) is 0. The van der Waals surface area contributed by atoms with Crippen LogP contribution in [0.3, 0.4) is 0 Å². The minimum Gasteiger partial charge on any atom is -0.480 e. The molecule has 0 saturated carbocycles. The largest absolute Gasteiger partial charge is 0.480 e. The molecule has 4 amide bonds. The van der Waals surface area contributed by atoms with Crippen LogP contribution in [0.2, 0.25) is 0 Å². The maximum Gasteiger partial charge on any atom is 0.322 e. The van der Waals surface area contributed by atoms with Crippen LogP contribution in [0.4, 0.5) is 4.79 Å². The highest BCUT2D eigenvalue weighted by atomic mass is 16.5. The quantitative estimate of drug-likeness (QED) is 0.282. The first-order chi connectivity index (χ1) is 8.91. The van der Waals surface area contributed by atoms with Crippen molar-refractivity contribution in [3.8, 4) is 0 Å². The molecule has 0 aromatic heterocycles. The van der Waals surface area contributed by atoms with E-state index in [0.29, 0.717) is 0 Å². The van der Waals surface area contributed by atoms with Crippen LogP contribution in [-0.2, 0) is 19.1 Å². The average molecular weight is 276 g/mol. The first-order valence-corrected chi connectivity index (χ1v) is 5.28. The number of rotatable bonds is 9. The summed E-state index contributed by atoms with van der Waals surface area (Å²) in [4.78, 5) is 42.6. The lowest BCUT2D eigenvalue weighted by molar-refractivity contribution is -0.137. The number of urea groups is 1. The van der Waals surface area contributed by atoms with Crippen LogP contribution in [0.1, 0.15) is 0 Å². The van der Waals surface area contributed by atoms with Gasteiger partial charge in [0.1, 0.15) is 13.2 Å². The van der Waals surface area contributed by atoms with Gasteiger partial charge in [0, 0.05) is 6.54 Å². The number of hydrogen-bond acceptors (Lipinski definition) is 5. The number of nitrogens with one attached hydrogen (secondary N) is 3. The van der Waals surface area contributed by atoms with E-state index in [-0.39, 0.29) is 26.3 Å². The lowest BCUT2D eigenvalue weighted by Gasteiger charge is -2.07. The maximum atomic E-state index is 11.1. The van der Waals surface area contributed by atoms with Crippen molar-refractivity contribution in [3.05, 3.63) is 0 Å². The SMILES string of the molecule is NC(=O)COCCNC(=O)NCC(=O)NCC(=O)O. The second-order valence-electron chi connectivity index (χ2n) is 3.30. The summed E-state index contributed by atoms with van der Waals surface area (Å²) in [5.41, 5.74) is 4.82. The second-order valence-corrected chi connectivity index (χ2v) is 3.30. The number of primary amides is 1. The van der Waals surface area contributed by atoms with Gasteiger partial charge >= 0.3 is 12.0 Å².